The average Bonchev–Trinajstić information content (AvgIpc) is 2.20. The molecule has 0 spiro atoms. The minimum absolute atomic E-state index is 1.16. The fourth-order valence-corrected chi connectivity index (χ4v) is 1.96. The average molecular weight is 204 g/mol. The van der Waals surface area contributed by atoms with Crippen molar-refractivity contribution in [2.24, 2.45) is 0 Å². The summed E-state index contributed by atoms with van der Waals surface area (Å²) in [6.45, 7) is 9.05. The van der Waals surface area contributed by atoms with E-state index in [0.717, 1.165) is 6.42 Å². The Bertz CT molecular complexity index is 296. The van der Waals surface area contributed by atoms with Crippen molar-refractivity contribution in [2.75, 3.05) is 0 Å². The monoisotopic (exact) mass is 204 g/mol. The lowest BCUT2D eigenvalue weighted by molar-refractivity contribution is 0.833. The van der Waals surface area contributed by atoms with Crippen LogP contribution >= 0.6 is 0 Å². The van der Waals surface area contributed by atoms with E-state index in [9.17, 15) is 0 Å². The zero-order chi connectivity index (χ0) is 11.3. The maximum Gasteiger partial charge on any atom is -0.0136 e. The van der Waals surface area contributed by atoms with Crippen molar-refractivity contribution < 1.29 is 0 Å². The first-order valence-corrected chi connectivity index (χ1v) is 6.06. The normalized spacial score (nSPS) is 19.3. The van der Waals surface area contributed by atoms with E-state index in [-0.39, 0.29) is 0 Å². The molecule has 0 unspecified atom stereocenters. The quantitative estimate of drug-likeness (QED) is 0.477. The summed E-state index contributed by atoms with van der Waals surface area (Å²) in [6.07, 6.45) is 10.8. The molecule has 1 aliphatic carbocycles. The third-order valence-electron chi connectivity index (χ3n) is 3.45. The lowest BCUT2D eigenvalue weighted by Crippen LogP contribution is -1.92. The van der Waals surface area contributed by atoms with Crippen molar-refractivity contribution in [3.05, 3.63) is 34.4 Å². The van der Waals surface area contributed by atoms with E-state index in [2.05, 4.69) is 39.8 Å². The summed E-state index contributed by atoms with van der Waals surface area (Å²) in [6, 6.07) is 0. The van der Waals surface area contributed by atoms with Crippen LogP contribution in [0.1, 0.15) is 59.8 Å². The molecule has 0 aliphatic heterocycles. The molecule has 0 aromatic rings. The van der Waals surface area contributed by atoms with Gasteiger partial charge >= 0.3 is 0 Å². The number of rotatable bonds is 0. The van der Waals surface area contributed by atoms with Crippen molar-refractivity contribution in [2.45, 2.75) is 59.8 Å². The molecule has 0 heteroatoms. The minimum Gasteiger partial charge on any atom is -0.0879 e. The molecule has 1 rings (SSSR count). The Hall–Kier alpha value is -0.780. The van der Waals surface area contributed by atoms with Crippen molar-refractivity contribution in [1.29, 1.82) is 0 Å². The minimum atomic E-state index is 1.16. The second-order valence-corrected chi connectivity index (χ2v) is 4.88. The molecular weight excluding hydrogens is 180 g/mol. The van der Waals surface area contributed by atoms with E-state index in [0.29, 0.717) is 0 Å². The highest BCUT2D eigenvalue weighted by atomic mass is 14.1. The molecule has 0 bridgehead atoms. The van der Waals surface area contributed by atoms with Crippen LogP contribution in [0.3, 0.4) is 0 Å². The summed E-state index contributed by atoms with van der Waals surface area (Å²) in [5.41, 5.74) is 6.32. The predicted molar refractivity (Wildman–Crippen MR) is 69.0 cm³/mol. The second-order valence-electron chi connectivity index (χ2n) is 4.88. The summed E-state index contributed by atoms with van der Waals surface area (Å²) < 4.78 is 0. The van der Waals surface area contributed by atoms with Gasteiger partial charge in [0, 0.05) is 0 Å². The smallest absolute Gasteiger partial charge is 0.0136 e. The molecule has 0 fully saturated rings. The van der Waals surface area contributed by atoms with Gasteiger partial charge in [0.15, 0.2) is 0 Å². The van der Waals surface area contributed by atoms with Gasteiger partial charge in [0.05, 0.1) is 0 Å². The van der Waals surface area contributed by atoms with Crippen LogP contribution in [0.5, 0.6) is 0 Å². The van der Waals surface area contributed by atoms with Gasteiger partial charge in [-0.25, -0.2) is 0 Å². The van der Waals surface area contributed by atoms with Crippen molar-refractivity contribution in [3.63, 3.8) is 0 Å². The van der Waals surface area contributed by atoms with Gasteiger partial charge in [-0.2, -0.15) is 0 Å². The standard InChI is InChI=1S/C15H24/c1-12(2)15-9-7-5-6-8-13(3)14(4)10-11-15/h5,7H,6,8-11H2,1-4H3. The van der Waals surface area contributed by atoms with E-state index >= 15 is 0 Å². The highest BCUT2D eigenvalue weighted by Gasteiger charge is 2.03. The molecule has 0 saturated heterocycles. The molecule has 15 heavy (non-hydrogen) atoms. The SMILES string of the molecule is CC(C)=C1CC=CCCC(C)=C(C)CC1. The lowest BCUT2D eigenvalue weighted by Gasteiger charge is -2.12. The van der Waals surface area contributed by atoms with E-state index < -0.39 is 0 Å². The Morgan fingerprint density at radius 3 is 2.27 bits per heavy atom. The molecular formula is C15H24. The van der Waals surface area contributed by atoms with E-state index in [4.69, 9.17) is 0 Å². The first-order chi connectivity index (χ1) is 7.11. The topological polar surface area (TPSA) is 0 Å². The Morgan fingerprint density at radius 2 is 1.60 bits per heavy atom. The summed E-state index contributed by atoms with van der Waals surface area (Å²) in [5, 5.41) is 0. The number of allylic oxidation sites excluding steroid dienone is 6. The van der Waals surface area contributed by atoms with Gasteiger partial charge in [-0.05, 0) is 59.8 Å². The van der Waals surface area contributed by atoms with Crippen LogP contribution in [-0.2, 0) is 0 Å². The van der Waals surface area contributed by atoms with Gasteiger partial charge in [-0.15, -0.1) is 0 Å². The van der Waals surface area contributed by atoms with Gasteiger partial charge in [0.2, 0.25) is 0 Å². The van der Waals surface area contributed by atoms with Crippen LogP contribution < -0.4 is 0 Å². The highest BCUT2D eigenvalue weighted by Crippen LogP contribution is 2.23. The fraction of sp³-hybridized carbons (Fsp3) is 0.600. The third-order valence-corrected chi connectivity index (χ3v) is 3.45. The molecule has 0 atom stereocenters. The van der Waals surface area contributed by atoms with Crippen LogP contribution in [0, 0.1) is 0 Å². The van der Waals surface area contributed by atoms with E-state index in [1.807, 2.05) is 0 Å². The molecule has 0 heterocycles. The second kappa shape index (κ2) is 5.95. The van der Waals surface area contributed by atoms with Crippen LogP contribution in [0.25, 0.3) is 0 Å². The molecule has 0 aromatic carbocycles. The summed E-state index contributed by atoms with van der Waals surface area (Å²) in [5.74, 6) is 0. The highest BCUT2D eigenvalue weighted by molar-refractivity contribution is 5.19. The van der Waals surface area contributed by atoms with Crippen molar-refractivity contribution >= 4 is 0 Å². The van der Waals surface area contributed by atoms with Crippen LogP contribution in [0.4, 0.5) is 0 Å². The molecule has 1 aliphatic rings. The van der Waals surface area contributed by atoms with Crippen molar-refractivity contribution in [3.8, 4) is 0 Å². The first kappa shape index (κ1) is 12.3. The zero-order valence-corrected chi connectivity index (χ0v) is 10.7. The Labute approximate surface area is 94.8 Å². The molecule has 84 valence electrons. The van der Waals surface area contributed by atoms with Gasteiger partial charge < -0.3 is 0 Å². The largest absolute Gasteiger partial charge is 0.0879 e. The van der Waals surface area contributed by atoms with Gasteiger partial charge in [-0.1, -0.05) is 34.4 Å². The molecule has 0 aromatic heterocycles. The maximum absolute atomic E-state index is 2.34. The summed E-state index contributed by atoms with van der Waals surface area (Å²) in [4.78, 5) is 0. The third kappa shape index (κ3) is 4.07. The van der Waals surface area contributed by atoms with Gasteiger partial charge in [0.25, 0.3) is 0 Å². The van der Waals surface area contributed by atoms with Gasteiger partial charge in [0.1, 0.15) is 0 Å². The van der Waals surface area contributed by atoms with Crippen molar-refractivity contribution in [1.82, 2.24) is 0 Å². The van der Waals surface area contributed by atoms with E-state index in [1.54, 1.807) is 16.7 Å². The summed E-state index contributed by atoms with van der Waals surface area (Å²) >= 11 is 0. The Balaban J connectivity index is 2.80. The zero-order valence-electron chi connectivity index (χ0n) is 10.7. The fourth-order valence-electron chi connectivity index (χ4n) is 1.96. The Kier molecular flexibility index (Phi) is 4.87. The summed E-state index contributed by atoms with van der Waals surface area (Å²) in [7, 11) is 0. The van der Waals surface area contributed by atoms with Gasteiger partial charge in [-0.3, -0.25) is 0 Å². The molecule has 0 radical (unpaired) electrons. The Morgan fingerprint density at radius 1 is 0.933 bits per heavy atom. The lowest BCUT2D eigenvalue weighted by atomic mass is 9.94. The maximum atomic E-state index is 2.34. The van der Waals surface area contributed by atoms with Crippen LogP contribution in [0.2, 0.25) is 0 Å². The van der Waals surface area contributed by atoms with Crippen LogP contribution in [0.15, 0.2) is 34.4 Å². The predicted octanol–water partition coefficient (Wildman–Crippen LogP) is 5.18. The first-order valence-electron chi connectivity index (χ1n) is 6.06. The molecule has 0 nitrogen and oxygen atoms in total. The van der Waals surface area contributed by atoms with Crippen LogP contribution in [-0.4, -0.2) is 0 Å². The number of hydrogen-bond donors (Lipinski definition) is 0. The van der Waals surface area contributed by atoms with E-state index in [1.165, 1.54) is 31.3 Å². The molecule has 0 saturated carbocycles. The number of hydrogen-bond acceptors (Lipinski definition) is 0. The molecule has 0 N–H and O–H groups in total. The molecule has 0 amide bonds.